The molecule has 4 nitrogen and oxygen atoms in total. The third kappa shape index (κ3) is 3.20. The molecule has 0 saturated carbocycles. The van der Waals surface area contributed by atoms with Gasteiger partial charge in [0.25, 0.3) is 6.47 Å². The minimum Gasteiger partial charge on any atom is -0.458 e. The number of fused-ring (bicyclic) bond motifs is 3. The van der Waals surface area contributed by atoms with E-state index in [0.29, 0.717) is 18.5 Å². The summed E-state index contributed by atoms with van der Waals surface area (Å²) >= 11 is 0. The Morgan fingerprint density at radius 1 is 0.900 bits per heavy atom. The van der Waals surface area contributed by atoms with Crippen LogP contribution in [-0.2, 0) is 31.9 Å². The molecule has 0 aliphatic heterocycles. The molecule has 30 heavy (non-hydrogen) atoms. The summed E-state index contributed by atoms with van der Waals surface area (Å²) in [5, 5.41) is 2.23. The van der Waals surface area contributed by atoms with E-state index in [-0.39, 0.29) is 6.61 Å². The van der Waals surface area contributed by atoms with E-state index in [0.717, 1.165) is 39.5 Å². The van der Waals surface area contributed by atoms with Gasteiger partial charge in [-0.15, -0.1) is 0 Å². The van der Waals surface area contributed by atoms with Gasteiger partial charge in [0.1, 0.15) is 6.61 Å². The summed E-state index contributed by atoms with van der Waals surface area (Å²) in [7, 11) is 0. The molecule has 3 aromatic carbocycles. The molecule has 0 aromatic heterocycles. The normalized spacial score (nSPS) is 15.1. The van der Waals surface area contributed by atoms with E-state index in [2.05, 4.69) is 24.3 Å². The van der Waals surface area contributed by atoms with Crippen molar-refractivity contribution in [2.45, 2.75) is 18.9 Å². The van der Waals surface area contributed by atoms with Crippen molar-refractivity contribution in [1.29, 1.82) is 0 Å². The minimum absolute atomic E-state index is 0.159. The summed E-state index contributed by atoms with van der Waals surface area (Å²) in [4.78, 5) is 24.0. The van der Waals surface area contributed by atoms with E-state index >= 15 is 0 Å². The highest BCUT2D eigenvalue weighted by Gasteiger charge is 2.31. The van der Waals surface area contributed by atoms with Gasteiger partial charge in [0.2, 0.25) is 6.10 Å². The average Bonchev–Trinajstić information content (AvgIpc) is 3.38. The Hall–Kier alpha value is -3.66. The summed E-state index contributed by atoms with van der Waals surface area (Å²) < 4.78 is 10.8. The summed E-state index contributed by atoms with van der Waals surface area (Å²) in [6.07, 6.45) is 4.48. The highest BCUT2D eigenvalue weighted by Crippen LogP contribution is 2.35. The SMILES string of the molecule is O=COC(C(=O)OCC1=CCc2ccccc21)C1=CCc2cc3ccccc3cc21. The van der Waals surface area contributed by atoms with E-state index in [4.69, 9.17) is 9.47 Å². The predicted molar refractivity (Wildman–Crippen MR) is 116 cm³/mol. The number of hydrogen-bond acceptors (Lipinski definition) is 4. The van der Waals surface area contributed by atoms with Gasteiger partial charge >= 0.3 is 5.97 Å². The highest BCUT2D eigenvalue weighted by molar-refractivity contribution is 5.98. The van der Waals surface area contributed by atoms with Crippen LogP contribution in [0.3, 0.4) is 0 Å². The second kappa shape index (κ2) is 7.64. The van der Waals surface area contributed by atoms with E-state index in [1.54, 1.807) is 0 Å². The molecular weight excluding hydrogens is 376 g/mol. The quantitative estimate of drug-likeness (QED) is 0.455. The van der Waals surface area contributed by atoms with Gasteiger partial charge in [-0.05, 0) is 57.5 Å². The number of carbonyl (C=O) groups excluding carboxylic acids is 2. The average molecular weight is 396 g/mol. The first-order chi connectivity index (χ1) is 14.7. The highest BCUT2D eigenvalue weighted by atomic mass is 16.6. The Morgan fingerprint density at radius 2 is 1.63 bits per heavy atom. The largest absolute Gasteiger partial charge is 0.458 e. The Balaban J connectivity index is 1.37. The van der Waals surface area contributed by atoms with Gasteiger partial charge in [0.05, 0.1) is 0 Å². The Labute approximate surface area is 174 Å². The summed E-state index contributed by atoms with van der Waals surface area (Å²) in [6.45, 7) is 0.475. The number of allylic oxidation sites excluding steroid dienone is 2. The third-order valence-corrected chi connectivity index (χ3v) is 5.81. The first-order valence-electron chi connectivity index (χ1n) is 10.00. The standard InChI is InChI=1S/C26H20O4/c27-16-30-25(26(28)29-15-21-10-9-17-5-3-4-8-22(17)21)23-12-11-20-13-18-6-1-2-7-19(18)14-24(20)23/h1-8,10,12-14,16,25H,9,11,15H2. The lowest BCUT2D eigenvalue weighted by atomic mass is 9.97. The molecule has 2 aliphatic rings. The minimum atomic E-state index is -1.07. The van der Waals surface area contributed by atoms with Crippen molar-refractivity contribution < 1.29 is 19.1 Å². The van der Waals surface area contributed by atoms with Crippen molar-refractivity contribution in [3.63, 3.8) is 0 Å². The van der Waals surface area contributed by atoms with Crippen LogP contribution in [0.1, 0.15) is 22.3 Å². The fraction of sp³-hybridized carbons (Fsp3) is 0.154. The third-order valence-electron chi connectivity index (χ3n) is 5.81. The van der Waals surface area contributed by atoms with Crippen LogP contribution in [0, 0.1) is 0 Å². The molecule has 0 bridgehead atoms. The van der Waals surface area contributed by atoms with E-state index < -0.39 is 12.1 Å². The summed E-state index contributed by atoms with van der Waals surface area (Å²) in [6, 6.07) is 20.3. The maximum atomic E-state index is 12.9. The summed E-state index contributed by atoms with van der Waals surface area (Å²) in [5.74, 6) is -0.556. The lowest BCUT2D eigenvalue weighted by Gasteiger charge is -2.18. The van der Waals surface area contributed by atoms with Crippen molar-refractivity contribution in [2.24, 2.45) is 0 Å². The zero-order valence-corrected chi connectivity index (χ0v) is 16.3. The van der Waals surface area contributed by atoms with Gasteiger partial charge in [-0.25, -0.2) is 4.79 Å². The first kappa shape index (κ1) is 18.4. The molecule has 1 unspecified atom stereocenters. The number of rotatable bonds is 6. The molecule has 1 atom stereocenters. The first-order valence-corrected chi connectivity index (χ1v) is 10.00. The second-order valence-electron chi connectivity index (χ2n) is 7.53. The van der Waals surface area contributed by atoms with Crippen molar-refractivity contribution in [3.8, 4) is 0 Å². The number of esters is 1. The van der Waals surface area contributed by atoms with Gasteiger partial charge in [-0.3, -0.25) is 4.79 Å². The van der Waals surface area contributed by atoms with Gasteiger partial charge in [0, 0.05) is 5.57 Å². The predicted octanol–water partition coefficient (Wildman–Crippen LogP) is 4.50. The van der Waals surface area contributed by atoms with Crippen LogP contribution in [0.4, 0.5) is 0 Å². The van der Waals surface area contributed by atoms with Gasteiger partial charge in [0.15, 0.2) is 0 Å². The van der Waals surface area contributed by atoms with Crippen molar-refractivity contribution >= 4 is 34.4 Å². The maximum Gasteiger partial charge on any atom is 0.352 e. The van der Waals surface area contributed by atoms with Crippen LogP contribution in [0.15, 0.2) is 72.8 Å². The van der Waals surface area contributed by atoms with Gasteiger partial charge < -0.3 is 9.47 Å². The molecule has 0 spiro atoms. The lowest BCUT2D eigenvalue weighted by Crippen LogP contribution is -2.28. The van der Waals surface area contributed by atoms with Crippen LogP contribution in [0.5, 0.6) is 0 Å². The van der Waals surface area contributed by atoms with E-state index in [1.807, 2.05) is 48.5 Å². The smallest absolute Gasteiger partial charge is 0.352 e. The molecule has 148 valence electrons. The Kier molecular flexibility index (Phi) is 4.68. The molecule has 0 heterocycles. The topological polar surface area (TPSA) is 52.6 Å². The van der Waals surface area contributed by atoms with Crippen molar-refractivity contribution in [3.05, 3.63) is 95.1 Å². The van der Waals surface area contributed by atoms with Crippen LogP contribution in [0.25, 0.3) is 21.9 Å². The van der Waals surface area contributed by atoms with Crippen molar-refractivity contribution in [2.75, 3.05) is 6.61 Å². The number of benzene rings is 3. The fourth-order valence-corrected chi connectivity index (χ4v) is 4.33. The van der Waals surface area contributed by atoms with E-state index in [1.165, 1.54) is 5.56 Å². The number of ether oxygens (including phenoxy) is 2. The molecule has 5 rings (SSSR count). The zero-order chi connectivity index (χ0) is 20.5. The molecule has 3 aromatic rings. The summed E-state index contributed by atoms with van der Waals surface area (Å²) in [5.41, 5.74) is 6.05. The molecule has 2 aliphatic carbocycles. The Morgan fingerprint density at radius 3 is 2.47 bits per heavy atom. The molecular formula is C26H20O4. The van der Waals surface area contributed by atoms with Crippen molar-refractivity contribution in [1.82, 2.24) is 0 Å². The van der Waals surface area contributed by atoms with Crippen LogP contribution < -0.4 is 0 Å². The lowest BCUT2D eigenvalue weighted by molar-refractivity contribution is -0.156. The molecule has 0 N–H and O–H groups in total. The van der Waals surface area contributed by atoms with Gasteiger partial charge in [-0.2, -0.15) is 0 Å². The number of carbonyl (C=O) groups is 2. The second-order valence-corrected chi connectivity index (χ2v) is 7.53. The molecule has 0 radical (unpaired) electrons. The van der Waals surface area contributed by atoms with Crippen LogP contribution in [0.2, 0.25) is 0 Å². The molecule has 4 heteroatoms. The monoisotopic (exact) mass is 396 g/mol. The van der Waals surface area contributed by atoms with E-state index in [9.17, 15) is 9.59 Å². The molecule has 0 fully saturated rings. The molecule has 0 saturated heterocycles. The maximum absolute atomic E-state index is 12.9. The van der Waals surface area contributed by atoms with Crippen LogP contribution >= 0.6 is 0 Å². The Bertz CT molecular complexity index is 1220. The number of hydrogen-bond donors (Lipinski definition) is 0. The zero-order valence-electron chi connectivity index (χ0n) is 16.3. The molecule has 0 amide bonds. The van der Waals surface area contributed by atoms with Crippen LogP contribution in [-0.4, -0.2) is 25.2 Å². The van der Waals surface area contributed by atoms with Gasteiger partial charge in [-0.1, -0.05) is 66.7 Å². The fourth-order valence-electron chi connectivity index (χ4n) is 4.33.